The van der Waals surface area contributed by atoms with Crippen molar-refractivity contribution in [2.24, 2.45) is 0 Å². The average molecular weight is 216 g/mol. The van der Waals surface area contributed by atoms with Crippen LogP contribution in [0.5, 0.6) is 0 Å². The Morgan fingerprint density at radius 3 is 3.18 bits per heavy atom. The van der Waals surface area contributed by atoms with Gasteiger partial charge in [-0.2, -0.15) is 5.10 Å². The van der Waals surface area contributed by atoms with Gasteiger partial charge >= 0.3 is 0 Å². The molecule has 1 aromatic heterocycles. The SMILES string of the molecule is Brc1ccn(C2CCNC2)n1. The summed E-state index contributed by atoms with van der Waals surface area (Å²) in [6.07, 6.45) is 3.20. The van der Waals surface area contributed by atoms with Gasteiger partial charge in [0.05, 0.1) is 6.04 Å². The Morgan fingerprint density at radius 2 is 2.64 bits per heavy atom. The van der Waals surface area contributed by atoms with E-state index in [2.05, 4.69) is 26.3 Å². The largest absolute Gasteiger partial charge is 0.315 e. The highest BCUT2D eigenvalue weighted by Gasteiger charge is 2.16. The standard InChI is InChI=1S/C7H10BrN3/c8-7-2-4-11(10-7)6-1-3-9-5-6/h2,4,6,9H,1,3,5H2. The lowest BCUT2D eigenvalue weighted by Gasteiger charge is -2.07. The first-order valence-electron chi connectivity index (χ1n) is 3.77. The van der Waals surface area contributed by atoms with Crippen molar-refractivity contribution in [3.63, 3.8) is 0 Å². The molecule has 60 valence electrons. The Labute approximate surface area is 73.9 Å². The van der Waals surface area contributed by atoms with E-state index in [0.29, 0.717) is 6.04 Å². The maximum atomic E-state index is 4.29. The highest BCUT2D eigenvalue weighted by molar-refractivity contribution is 9.10. The quantitative estimate of drug-likeness (QED) is 0.763. The van der Waals surface area contributed by atoms with Crippen LogP contribution in [0.2, 0.25) is 0 Å². The first-order valence-corrected chi connectivity index (χ1v) is 4.57. The van der Waals surface area contributed by atoms with Gasteiger partial charge in [0.15, 0.2) is 0 Å². The van der Waals surface area contributed by atoms with E-state index in [-0.39, 0.29) is 0 Å². The van der Waals surface area contributed by atoms with Crippen molar-refractivity contribution in [2.75, 3.05) is 13.1 Å². The minimum absolute atomic E-state index is 0.557. The van der Waals surface area contributed by atoms with Gasteiger partial charge in [-0.05, 0) is 35.0 Å². The van der Waals surface area contributed by atoms with Crippen LogP contribution in [0, 0.1) is 0 Å². The van der Waals surface area contributed by atoms with Gasteiger partial charge in [-0.15, -0.1) is 0 Å². The van der Waals surface area contributed by atoms with Gasteiger partial charge in [-0.3, -0.25) is 4.68 Å². The van der Waals surface area contributed by atoms with Crippen molar-refractivity contribution in [2.45, 2.75) is 12.5 Å². The number of hydrogen-bond acceptors (Lipinski definition) is 2. The number of rotatable bonds is 1. The summed E-state index contributed by atoms with van der Waals surface area (Å²) in [6.45, 7) is 2.16. The molecule has 1 aromatic rings. The molecule has 1 aliphatic rings. The van der Waals surface area contributed by atoms with E-state index in [4.69, 9.17) is 0 Å². The van der Waals surface area contributed by atoms with E-state index in [9.17, 15) is 0 Å². The molecule has 4 heteroatoms. The normalized spacial score (nSPS) is 24.3. The van der Waals surface area contributed by atoms with Crippen LogP contribution >= 0.6 is 15.9 Å². The minimum atomic E-state index is 0.557. The van der Waals surface area contributed by atoms with Gasteiger partial charge in [-0.25, -0.2) is 0 Å². The summed E-state index contributed by atoms with van der Waals surface area (Å²) in [7, 11) is 0. The van der Waals surface area contributed by atoms with E-state index in [0.717, 1.165) is 17.7 Å². The summed E-state index contributed by atoms with van der Waals surface area (Å²) >= 11 is 3.33. The van der Waals surface area contributed by atoms with E-state index in [1.54, 1.807) is 0 Å². The van der Waals surface area contributed by atoms with Crippen LogP contribution < -0.4 is 5.32 Å². The lowest BCUT2D eigenvalue weighted by atomic mass is 10.3. The monoisotopic (exact) mass is 215 g/mol. The van der Waals surface area contributed by atoms with Gasteiger partial charge < -0.3 is 5.32 Å². The van der Waals surface area contributed by atoms with Gasteiger partial charge in [-0.1, -0.05) is 0 Å². The summed E-state index contributed by atoms with van der Waals surface area (Å²) in [5.74, 6) is 0. The summed E-state index contributed by atoms with van der Waals surface area (Å²) in [6, 6.07) is 2.53. The van der Waals surface area contributed by atoms with Crippen LogP contribution in [0.1, 0.15) is 12.5 Å². The Balaban J connectivity index is 2.15. The van der Waals surface area contributed by atoms with Crippen LogP contribution in [0.4, 0.5) is 0 Å². The van der Waals surface area contributed by atoms with Crippen molar-refractivity contribution in [1.29, 1.82) is 0 Å². The van der Waals surface area contributed by atoms with Crippen molar-refractivity contribution >= 4 is 15.9 Å². The average Bonchev–Trinajstić information content (AvgIpc) is 2.55. The molecule has 11 heavy (non-hydrogen) atoms. The minimum Gasteiger partial charge on any atom is -0.315 e. The molecule has 2 rings (SSSR count). The molecule has 1 fully saturated rings. The van der Waals surface area contributed by atoms with Crippen molar-refractivity contribution < 1.29 is 0 Å². The van der Waals surface area contributed by atoms with Crippen LogP contribution in [-0.2, 0) is 0 Å². The molecule has 1 saturated heterocycles. The Hall–Kier alpha value is -0.350. The molecule has 2 heterocycles. The van der Waals surface area contributed by atoms with Gasteiger partial charge in [0, 0.05) is 12.7 Å². The fourth-order valence-electron chi connectivity index (χ4n) is 1.38. The third-order valence-corrected chi connectivity index (χ3v) is 2.41. The van der Waals surface area contributed by atoms with E-state index < -0.39 is 0 Å². The number of aromatic nitrogens is 2. The maximum Gasteiger partial charge on any atom is 0.128 e. The summed E-state index contributed by atoms with van der Waals surface area (Å²) in [5.41, 5.74) is 0. The second-order valence-electron chi connectivity index (χ2n) is 2.77. The van der Waals surface area contributed by atoms with E-state index >= 15 is 0 Å². The van der Waals surface area contributed by atoms with Crippen LogP contribution in [-0.4, -0.2) is 22.9 Å². The Morgan fingerprint density at radius 1 is 1.73 bits per heavy atom. The highest BCUT2D eigenvalue weighted by Crippen LogP contribution is 2.15. The van der Waals surface area contributed by atoms with E-state index in [1.807, 2.05) is 16.9 Å². The molecule has 0 saturated carbocycles. The van der Waals surface area contributed by atoms with Gasteiger partial charge in [0.1, 0.15) is 4.60 Å². The lowest BCUT2D eigenvalue weighted by Crippen LogP contribution is -2.13. The van der Waals surface area contributed by atoms with Gasteiger partial charge in [0.25, 0.3) is 0 Å². The third kappa shape index (κ3) is 1.46. The molecule has 1 atom stereocenters. The molecule has 0 aliphatic carbocycles. The molecule has 3 nitrogen and oxygen atoms in total. The zero-order chi connectivity index (χ0) is 7.68. The summed E-state index contributed by atoms with van der Waals surface area (Å²) < 4.78 is 2.94. The predicted octanol–water partition coefficient (Wildman–Crippen LogP) is 1.18. The zero-order valence-electron chi connectivity index (χ0n) is 6.13. The molecule has 1 aliphatic heterocycles. The molecule has 0 spiro atoms. The molecule has 0 amide bonds. The molecule has 0 aromatic carbocycles. The van der Waals surface area contributed by atoms with Crippen molar-refractivity contribution in [3.05, 3.63) is 16.9 Å². The molecular weight excluding hydrogens is 206 g/mol. The van der Waals surface area contributed by atoms with Gasteiger partial charge in [0.2, 0.25) is 0 Å². The van der Waals surface area contributed by atoms with Crippen LogP contribution in [0.25, 0.3) is 0 Å². The zero-order valence-corrected chi connectivity index (χ0v) is 7.71. The van der Waals surface area contributed by atoms with Crippen LogP contribution in [0.3, 0.4) is 0 Å². The summed E-state index contributed by atoms with van der Waals surface area (Å²) in [5, 5.41) is 7.59. The number of halogens is 1. The molecule has 0 bridgehead atoms. The van der Waals surface area contributed by atoms with Crippen molar-refractivity contribution in [3.8, 4) is 0 Å². The topological polar surface area (TPSA) is 29.9 Å². The fourth-order valence-corrected chi connectivity index (χ4v) is 1.68. The first kappa shape index (κ1) is 7.31. The fraction of sp³-hybridized carbons (Fsp3) is 0.571. The molecule has 1 N–H and O–H groups in total. The molecule has 0 radical (unpaired) electrons. The predicted molar refractivity (Wildman–Crippen MR) is 46.5 cm³/mol. The second-order valence-corrected chi connectivity index (χ2v) is 3.58. The smallest absolute Gasteiger partial charge is 0.128 e. The second kappa shape index (κ2) is 2.95. The Kier molecular flexibility index (Phi) is 1.96. The summed E-state index contributed by atoms with van der Waals surface area (Å²) in [4.78, 5) is 0. The number of nitrogens with one attached hydrogen (secondary N) is 1. The van der Waals surface area contributed by atoms with Crippen LogP contribution in [0.15, 0.2) is 16.9 Å². The lowest BCUT2D eigenvalue weighted by molar-refractivity contribution is 0.488. The maximum absolute atomic E-state index is 4.29. The molecule has 1 unspecified atom stereocenters. The number of nitrogens with zero attached hydrogens (tertiary/aromatic N) is 2. The number of hydrogen-bond donors (Lipinski definition) is 1. The highest BCUT2D eigenvalue weighted by atomic mass is 79.9. The molecular formula is C7H10BrN3. The first-order chi connectivity index (χ1) is 5.36. The van der Waals surface area contributed by atoms with Crippen molar-refractivity contribution in [1.82, 2.24) is 15.1 Å². The Bertz CT molecular complexity index is 240. The van der Waals surface area contributed by atoms with E-state index in [1.165, 1.54) is 6.42 Å². The third-order valence-electron chi connectivity index (χ3n) is 1.98.